The van der Waals surface area contributed by atoms with E-state index in [4.69, 9.17) is 9.47 Å². The molecule has 92 heavy (non-hydrogen) atoms. The van der Waals surface area contributed by atoms with Crippen LogP contribution in [0.5, 0.6) is 0 Å². The number of carbonyl (C=O) groups excluding carboxylic acids is 2. The van der Waals surface area contributed by atoms with E-state index in [9.17, 15) is 14.7 Å². The summed E-state index contributed by atoms with van der Waals surface area (Å²) in [5, 5.41) is 9.69. The van der Waals surface area contributed by atoms with E-state index in [0.717, 1.165) is 180 Å². The van der Waals surface area contributed by atoms with Crippen molar-refractivity contribution in [3.63, 3.8) is 0 Å². The summed E-state index contributed by atoms with van der Waals surface area (Å²) in [7, 11) is 0. The van der Waals surface area contributed by atoms with E-state index in [-0.39, 0.29) is 31.6 Å². The van der Waals surface area contributed by atoms with Crippen LogP contribution in [-0.2, 0) is 19.1 Å². The SMILES string of the molecule is CC/C=C\C/C=C\C/C=C\C/C=C\C/C=C\C/C=C\C/C=C\C/C=C\C/C=C\C/C=C\C/C=C\C/C=C\CCCCC(=O)OCC(CO)OC(=O)CCCC/C=C\C/C=C\C/C=C\C/C=C\C/C=C\C/C=C\C/C=C\C/C=C\C/C=C\C/C=C\C/C=C\C/C=C\CC. The van der Waals surface area contributed by atoms with Gasteiger partial charge in [-0.2, -0.15) is 0 Å². The predicted octanol–water partition coefficient (Wildman–Crippen LogP) is 25.3. The number of unbranched alkanes of at least 4 members (excludes halogenated alkanes) is 4. The average Bonchev–Trinajstić information content (AvgIpc) is 3.75. The van der Waals surface area contributed by atoms with Crippen molar-refractivity contribution in [2.75, 3.05) is 13.2 Å². The van der Waals surface area contributed by atoms with Crippen LogP contribution >= 0.6 is 0 Å². The second-order valence-electron chi connectivity index (χ2n) is 21.8. The predicted molar refractivity (Wildman–Crippen MR) is 406 cm³/mol. The zero-order valence-electron chi connectivity index (χ0n) is 57.4. The van der Waals surface area contributed by atoms with Crippen LogP contribution in [-0.4, -0.2) is 36.4 Å². The highest BCUT2D eigenvalue weighted by Crippen LogP contribution is 2.09. The lowest BCUT2D eigenvalue weighted by Crippen LogP contribution is -2.28. The fourth-order valence-electron chi connectivity index (χ4n) is 8.22. The molecule has 0 amide bonds. The summed E-state index contributed by atoms with van der Waals surface area (Å²) in [6.07, 6.45) is 135. The first-order valence-corrected chi connectivity index (χ1v) is 35.2. The highest BCUT2D eigenvalue weighted by atomic mass is 16.6. The van der Waals surface area contributed by atoms with Crippen LogP contribution in [0.25, 0.3) is 0 Å². The second kappa shape index (κ2) is 77.9. The van der Waals surface area contributed by atoms with Crippen LogP contribution in [0.3, 0.4) is 0 Å². The second-order valence-corrected chi connectivity index (χ2v) is 21.8. The maximum absolute atomic E-state index is 12.3. The molecule has 1 atom stereocenters. The molecule has 0 aliphatic carbocycles. The fourth-order valence-corrected chi connectivity index (χ4v) is 8.22. The number of hydrogen-bond acceptors (Lipinski definition) is 5. The molecule has 0 rings (SSSR count). The van der Waals surface area contributed by atoms with Gasteiger partial charge in [0.05, 0.1) is 6.61 Å². The van der Waals surface area contributed by atoms with E-state index in [1.54, 1.807) is 0 Å². The third-order valence-corrected chi connectivity index (χ3v) is 13.4. The summed E-state index contributed by atoms with van der Waals surface area (Å²) in [6.45, 7) is 3.81. The van der Waals surface area contributed by atoms with Crippen LogP contribution in [0.2, 0.25) is 0 Å². The minimum absolute atomic E-state index is 0.128. The standard InChI is InChI=1S/C87H124O5/c1-3-5-7-9-11-13-15-17-19-21-23-25-27-29-31-33-35-37-39-41-43-45-47-49-51-53-55-57-59-61-63-65-67-69-71-73-75-77-79-81-86(89)91-84-85(83-88)92-87(90)82-80-78-76-74-72-70-68-66-64-62-60-58-56-54-52-50-48-46-44-42-40-38-36-34-32-30-28-26-24-22-20-18-16-14-12-10-8-6-4-2/h5-8,11-14,17-20,23-26,29-32,35-38,41-44,47-50,53-56,59-62,65-68,71-74,85,88H,3-4,9-10,15-16,21-22,27-28,33-34,39-40,45-46,51-52,57-58,63-64,69-70,75-84H2,1-2H3/b7-5-,8-6-,13-11-,14-12-,19-17-,20-18-,25-23-,26-24-,31-29-,32-30-,37-35-,38-36-,43-41-,44-42-,49-47-,50-48-,55-53-,56-54-,61-59-,62-60-,67-65-,68-66-,73-71-,74-72-. The molecule has 0 radical (unpaired) electrons. The number of rotatable bonds is 60. The Hall–Kier alpha value is -7.34. The lowest BCUT2D eigenvalue weighted by molar-refractivity contribution is -0.161. The van der Waals surface area contributed by atoms with E-state index < -0.39 is 6.10 Å². The van der Waals surface area contributed by atoms with Crippen molar-refractivity contribution in [3.8, 4) is 0 Å². The fraction of sp³-hybridized carbons (Fsp3) is 0.425. The van der Waals surface area contributed by atoms with Crippen LogP contribution < -0.4 is 0 Å². The molecule has 0 saturated carbocycles. The largest absolute Gasteiger partial charge is 0.462 e. The molecule has 0 spiro atoms. The van der Waals surface area contributed by atoms with E-state index in [0.29, 0.717) is 19.3 Å². The summed E-state index contributed by atoms with van der Waals surface area (Å²) in [5.41, 5.74) is 0. The van der Waals surface area contributed by atoms with Crippen molar-refractivity contribution in [2.45, 2.75) is 225 Å². The van der Waals surface area contributed by atoms with Crippen LogP contribution in [0.4, 0.5) is 0 Å². The number of esters is 2. The number of aliphatic hydroxyl groups excluding tert-OH is 1. The van der Waals surface area contributed by atoms with Gasteiger partial charge in [-0.1, -0.05) is 305 Å². The van der Waals surface area contributed by atoms with Gasteiger partial charge in [0.2, 0.25) is 0 Å². The normalized spacial score (nSPS) is 14.1. The molecule has 0 fully saturated rings. The first-order chi connectivity index (χ1) is 45.6. The lowest BCUT2D eigenvalue weighted by atomic mass is 10.1. The van der Waals surface area contributed by atoms with Gasteiger partial charge in [0, 0.05) is 12.8 Å². The smallest absolute Gasteiger partial charge is 0.306 e. The molecule has 0 aliphatic rings. The molecule has 1 unspecified atom stereocenters. The minimum Gasteiger partial charge on any atom is -0.462 e. The summed E-state index contributed by atoms with van der Waals surface area (Å²) >= 11 is 0. The van der Waals surface area contributed by atoms with Gasteiger partial charge >= 0.3 is 11.9 Å². The first kappa shape index (κ1) is 84.7. The first-order valence-electron chi connectivity index (χ1n) is 35.2. The van der Waals surface area contributed by atoms with Gasteiger partial charge in [-0.15, -0.1) is 0 Å². The molecule has 0 aromatic rings. The molecular weight excluding hydrogens is 1120 g/mol. The number of hydrogen-bond donors (Lipinski definition) is 1. The maximum Gasteiger partial charge on any atom is 0.306 e. The number of aliphatic hydroxyl groups is 1. The van der Waals surface area contributed by atoms with Crippen molar-refractivity contribution in [3.05, 3.63) is 292 Å². The third kappa shape index (κ3) is 75.1. The van der Waals surface area contributed by atoms with Crippen molar-refractivity contribution in [2.24, 2.45) is 0 Å². The molecular formula is C87H124O5. The van der Waals surface area contributed by atoms with Crippen molar-refractivity contribution in [1.29, 1.82) is 0 Å². The van der Waals surface area contributed by atoms with Gasteiger partial charge in [-0.25, -0.2) is 0 Å². The highest BCUT2D eigenvalue weighted by Gasteiger charge is 2.16. The number of allylic oxidation sites excluding steroid dienone is 48. The Labute approximate surface area is 563 Å². The Kier molecular flexibility index (Phi) is 71.7. The molecule has 0 aromatic carbocycles. The van der Waals surface area contributed by atoms with Gasteiger partial charge in [-0.3, -0.25) is 9.59 Å². The van der Waals surface area contributed by atoms with Crippen LogP contribution in [0, 0.1) is 0 Å². The van der Waals surface area contributed by atoms with E-state index >= 15 is 0 Å². The molecule has 1 N–H and O–H groups in total. The number of ether oxygens (including phenoxy) is 2. The van der Waals surface area contributed by atoms with Crippen molar-refractivity contribution in [1.82, 2.24) is 0 Å². The Morgan fingerprint density at radius 1 is 0.250 bits per heavy atom. The summed E-state index contributed by atoms with van der Waals surface area (Å²) in [5.74, 6) is -0.720. The molecule has 502 valence electrons. The van der Waals surface area contributed by atoms with Gasteiger partial charge in [0.1, 0.15) is 6.61 Å². The summed E-state index contributed by atoms with van der Waals surface area (Å²) < 4.78 is 10.7. The third-order valence-electron chi connectivity index (χ3n) is 13.4. The molecule has 5 nitrogen and oxygen atoms in total. The van der Waals surface area contributed by atoms with Gasteiger partial charge in [-0.05, 0) is 193 Å². The van der Waals surface area contributed by atoms with Gasteiger partial charge in [0.25, 0.3) is 0 Å². The Balaban J connectivity index is 3.79. The number of carbonyl (C=O) groups is 2. The van der Waals surface area contributed by atoms with E-state index in [1.165, 1.54) is 0 Å². The van der Waals surface area contributed by atoms with Gasteiger partial charge in [0.15, 0.2) is 6.10 Å². The lowest BCUT2D eigenvalue weighted by Gasteiger charge is -2.15. The minimum atomic E-state index is -0.840. The van der Waals surface area contributed by atoms with E-state index in [1.807, 2.05) is 0 Å². The highest BCUT2D eigenvalue weighted by molar-refractivity contribution is 5.70. The molecule has 0 aliphatic heterocycles. The monoisotopic (exact) mass is 1250 g/mol. The van der Waals surface area contributed by atoms with Crippen molar-refractivity contribution < 1.29 is 24.2 Å². The van der Waals surface area contributed by atoms with Crippen LogP contribution in [0.1, 0.15) is 219 Å². The van der Waals surface area contributed by atoms with Gasteiger partial charge < -0.3 is 14.6 Å². The zero-order chi connectivity index (χ0) is 66.1. The maximum atomic E-state index is 12.3. The van der Waals surface area contributed by atoms with E-state index in [2.05, 4.69) is 305 Å². The Bertz CT molecular complexity index is 2460. The summed E-state index contributed by atoms with van der Waals surface area (Å²) in [6, 6.07) is 0. The molecule has 0 heterocycles. The van der Waals surface area contributed by atoms with Crippen molar-refractivity contribution >= 4 is 11.9 Å². The summed E-state index contributed by atoms with van der Waals surface area (Å²) in [4.78, 5) is 24.6. The molecule has 0 saturated heterocycles. The topological polar surface area (TPSA) is 72.8 Å². The quantitative estimate of drug-likeness (QED) is 0.0373. The molecule has 5 heteroatoms. The Morgan fingerprint density at radius 2 is 0.424 bits per heavy atom. The molecule has 0 aromatic heterocycles. The van der Waals surface area contributed by atoms with Crippen LogP contribution in [0.15, 0.2) is 292 Å². The average molecular weight is 1250 g/mol. The molecule has 0 bridgehead atoms. The zero-order valence-corrected chi connectivity index (χ0v) is 57.4. The Morgan fingerprint density at radius 3 is 0.609 bits per heavy atom.